The highest BCUT2D eigenvalue weighted by Gasteiger charge is 2.48. The number of carboxylic acid groups (broad SMARTS) is 1. The lowest BCUT2D eigenvalue weighted by molar-refractivity contribution is 0.0600. The molecule has 2 aromatic rings. The van der Waals surface area contributed by atoms with Crippen molar-refractivity contribution in [2.75, 3.05) is 7.11 Å². The van der Waals surface area contributed by atoms with Crippen molar-refractivity contribution in [1.82, 2.24) is 0 Å². The summed E-state index contributed by atoms with van der Waals surface area (Å²) in [6.07, 6.45) is 2.27. The average Bonchev–Trinajstić information content (AvgIpc) is 2.76. The minimum absolute atomic E-state index is 0.0337. The molecule has 0 amide bonds. The molecule has 1 N–H and O–H groups in total. The van der Waals surface area contributed by atoms with Gasteiger partial charge in [0.1, 0.15) is 11.3 Å². The molecule has 5 nitrogen and oxygen atoms in total. The molecule has 0 aliphatic rings. The maximum Gasteiger partial charge on any atom is 0.339 e. The van der Waals surface area contributed by atoms with Crippen LogP contribution >= 0.6 is 0 Å². The quantitative estimate of drug-likeness (QED) is 0.286. The molecule has 33 heavy (non-hydrogen) atoms. The van der Waals surface area contributed by atoms with Crippen LogP contribution in [0.3, 0.4) is 0 Å². The van der Waals surface area contributed by atoms with E-state index in [1.165, 1.54) is 18.7 Å². The number of carboxylic acids is 1. The molecule has 0 heterocycles. The number of rotatable bonds is 11. The summed E-state index contributed by atoms with van der Waals surface area (Å²) in [5.41, 5.74) is 3.11. The van der Waals surface area contributed by atoms with Crippen LogP contribution in [0.25, 0.3) is 0 Å². The van der Waals surface area contributed by atoms with Gasteiger partial charge in [-0.1, -0.05) is 71.9 Å². The average molecular weight is 471 g/mol. The fraction of sp³-hybridized carbons (Fsp3) is 0.481. The highest BCUT2D eigenvalue weighted by Crippen LogP contribution is 2.44. The van der Waals surface area contributed by atoms with Gasteiger partial charge in [-0.25, -0.2) is 9.59 Å². The summed E-state index contributed by atoms with van der Waals surface area (Å²) in [7, 11) is -1.11. The molecule has 0 unspecified atom stereocenters. The highest BCUT2D eigenvalue weighted by atomic mass is 28.4. The standard InChI is InChI=1S/C27H38O5Si/c1-18(2)33(19(3)4,20(5)6)32-25-22(15-11-14-21-12-9-8-10-13-21)16-23(27(30)31-7)17-24(25)26(28)29/h8-10,12-13,16-20H,11,14-15H2,1-7H3,(H,28,29). The predicted molar refractivity (Wildman–Crippen MR) is 135 cm³/mol. The number of methoxy groups -OCH3 is 1. The zero-order valence-corrected chi connectivity index (χ0v) is 22.0. The van der Waals surface area contributed by atoms with E-state index in [0.29, 0.717) is 12.2 Å². The van der Waals surface area contributed by atoms with Crippen molar-refractivity contribution >= 4 is 20.3 Å². The molecule has 0 radical (unpaired) electrons. The summed E-state index contributed by atoms with van der Waals surface area (Å²) in [6, 6.07) is 13.3. The number of ether oxygens (including phenoxy) is 1. The summed E-state index contributed by atoms with van der Waals surface area (Å²) in [5.74, 6) is -1.22. The monoisotopic (exact) mass is 470 g/mol. The van der Waals surface area contributed by atoms with Crippen LogP contribution in [0.5, 0.6) is 5.75 Å². The van der Waals surface area contributed by atoms with E-state index in [2.05, 4.69) is 53.7 Å². The van der Waals surface area contributed by atoms with Crippen LogP contribution in [0.4, 0.5) is 0 Å². The number of esters is 1. The molecule has 6 heteroatoms. The van der Waals surface area contributed by atoms with Crippen molar-refractivity contribution < 1.29 is 23.9 Å². The summed E-state index contributed by atoms with van der Waals surface area (Å²) in [5, 5.41) is 10.1. The number of benzene rings is 2. The number of carbonyl (C=O) groups is 2. The Labute approximate surface area is 199 Å². The fourth-order valence-corrected chi connectivity index (χ4v) is 10.3. The fourth-order valence-electron chi connectivity index (χ4n) is 5.05. The van der Waals surface area contributed by atoms with E-state index in [4.69, 9.17) is 9.16 Å². The molecule has 0 aliphatic heterocycles. The van der Waals surface area contributed by atoms with Crippen LogP contribution in [0.2, 0.25) is 16.6 Å². The molecule has 180 valence electrons. The van der Waals surface area contributed by atoms with E-state index in [1.807, 2.05) is 18.2 Å². The zero-order valence-electron chi connectivity index (χ0n) is 21.0. The lowest BCUT2D eigenvalue weighted by Gasteiger charge is -2.43. The lowest BCUT2D eigenvalue weighted by Crippen LogP contribution is -2.51. The van der Waals surface area contributed by atoms with Crippen LogP contribution in [-0.4, -0.2) is 32.5 Å². The van der Waals surface area contributed by atoms with Crippen molar-refractivity contribution in [3.05, 3.63) is 64.7 Å². The second-order valence-electron chi connectivity index (χ2n) is 9.57. The zero-order chi connectivity index (χ0) is 24.8. The van der Waals surface area contributed by atoms with Gasteiger partial charge in [0.2, 0.25) is 0 Å². The van der Waals surface area contributed by atoms with Crippen LogP contribution in [0.15, 0.2) is 42.5 Å². The third-order valence-corrected chi connectivity index (χ3v) is 12.5. The minimum atomic E-state index is -2.41. The Hall–Kier alpha value is -2.60. The second-order valence-corrected chi connectivity index (χ2v) is 14.9. The Morgan fingerprint density at radius 2 is 1.48 bits per heavy atom. The van der Waals surface area contributed by atoms with E-state index in [9.17, 15) is 14.7 Å². The maximum absolute atomic E-state index is 12.3. The Morgan fingerprint density at radius 1 is 0.909 bits per heavy atom. The molecular weight excluding hydrogens is 432 g/mol. The van der Waals surface area contributed by atoms with Gasteiger partial charge in [-0.3, -0.25) is 0 Å². The van der Waals surface area contributed by atoms with Gasteiger partial charge in [-0.15, -0.1) is 0 Å². The van der Waals surface area contributed by atoms with E-state index < -0.39 is 20.3 Å². The largest absolute Gasteiger partial charge is 0.542 e. The van der Waals surface area contributed by atoms with Gasteiger partial charge in [0.15, 0.2) is 0 Å². The summed E-state index contributed by atoms with van der Waals surface area (Å²) < 4.78 is 11.8. The van der Waals surface area contributed by atoms with E-state index in [-0.39, 0.29) is 27.8 Å². The number of aromatic carboxylic acids is 1. The SMILES string of the molecule is COC(=O)c1cc(CCCc2ccccc2)c(O[Si](C(C)C)(C(C)C)C(C)C)c(C(=O)O)c1. The predicted octanol–water partition coefficient (Wildman–Crippen LogP) is 6.90. The van der Waals surface area contributed by atoms with Gasteiger partial charge in [0.25, 0.3) is 8.32 Å². The molecule has 0 atom stereocenters. The number of carbonyl (C=O) groups excluding carboxylic acids is 1. The molecular formula is C27H38O5Si. The third kappa shape index (κ3) is 6.05. The van der Waals surface area contributed by atoms with Crippen molar-refractivity contribution in [3.63, 3.8) is 0 Å². The van der Waals surface area contributed by atoms with Gasteiger partial charge in [0.05, 0.1) is 12.7 Å². The van der Waals surface area contributed by atoms with Gasteiger partial charge in [-0.05, 0) is 59.1 Å². The Balaban J connectivity index is 2.59. The van der Waals surface area contributed by atoms with E-state index in [0.717, 1.165) is 18.4 Å². The van der Waals surface area contributed by atoms with Crippen LogP contribution in [0, 0.1) is 0 Å². The van der Waals surface area contributed by atoms with Crippen molar-refractivity contribution in [1.29, 1.82) is 0 Å². The van der Waals surface area contributed by atoms with Gasteiger partial charge in [-0.2, -0.15) is 0 Å². The summed E-state index contributed by atoms with van der Waals surface area (Å²) in [4.78, 5) is 24.6. The first-order valence-corrected chi connectivity index (χ1v) is 13.9. The lowest BCUT2D eigenvalue weighted by atomic mass is 9.98. The molecule has 0 saturated carbocycles. The Kier molecular flexibility index (Phi) is 9.29. The first-order chi connectivity index (χ1) is 15.5. The van der Waals surface area contributed by atoms with Crippen LogP contribution in [-0.2, 0) is 17.6 Å². The summed E-state index contributed by atoms with van der Waals surface area (Å²) in [6.45, 7) is 13.0. The molecule has 0 fully saturated rings. The van der Waals surface area contributed by atoms with Gasteiger partial charge < -0.3 is 14.3 Å². The normalized spacial score (nSPS) is 11.8. The first kappa shape index (κ1) is 26.6. The molecule has 0 bridgehead atoms. The molecule has 0 saturated heterocycles. The summed E-state index contributed by atoms with van der Waals surface area (Å²) >= 11 is 0. The molecule has 0 aromatic heterocycles. The van der Waals surface area contributed by atoms with Crippen molar-refractivity contribution in [2.24, 2.45) is 0 Å². The maximum atomic E-state index is 12.3. The minimum Gasteiger partial charge on any atom is -0.542 e. The Morgan fingerprint density at radius 3 is 1.97 bits per heavy atom. The molecule has 0 spiro atoms. The number of hydrogen-bond donors (Lipinski definition) is 1. The molecule has 2 aromatic carbocycles. The van der Waals surface area contributed by atoms with E-state index in [1.54, 1.807) is 6.07 Å². The second kappa shape index (κ2) is 11.5. The number of aryl methyl sites for hydroxylation is 2. The highest BCUT2D eigenvalue weighted by molar-refractivity contribution is 6.78. The van der Waals surface area contributed by atoms with E-state index >= 15 is 0 Å². The number of hydrogen-bond acceptors (Lipinski definition) is 4. The van der Waals surface area contributed by atoms with Crippen molar-refractivity contribution in [3.8, 4) is 5.75 Å². The van der Waals surface area contributed by atoms with Gasteiger partial charge in [0, 0.05) is 0 Å². The van der Waals surface area contributed by atoms with Crippen LogP contribution in [0.1, 0.15) is 79.8 Å². The third-order valence-electron chi connectivity index (χ3n) is 6.56. The van der Waals surface area contributed by atoms with Crippen LogP contribution < -0.4 is 4.43 Å². The van der Waals surface area contributed by atoms with Gasteiger partial charge >= 0.3 is 11.9 Å². The topological polar surface area (TPSA) is 72.8 Å². The first-order valence-electron chi connectivity index (χ1n) is 11.8. The molecule has 0 aliphatic carbocycles. The smallest absolute Gasteiger partial charge is 0.339 e. The Bertz CT molecular complexity index is 929. The molecule has 2 rings (SSSR count). The van der Waals surface area contributed by atoms with Crippen molar-refractivity contribution in [2.45, 2.75) is 77.4 Å².